The Kier molecular flexibility index (Phi) is 12.6. The number of allylic oxidation sites excluding steroid dienone is 1. The third-order valence-electron chi connectivity index (χ3n) is 6.25. The maximum Gasteiger partial charge on any atom is 0.180 e. The number of aliphatic hydroxyl groups is 3. The van der Waals surface area contributed by atoms with E-state index >= 15 is 0 Å². The molecule has 1 unspecified atom stereocenters. The Bertz CT molecular complexity index is 511. The Morgan fingerprint density at radius 1 is 1.10 bits per heavy atom. The average Bonchev–Trinajstić information content (AvgIpc) is 2.94. The molecule has 0 aromatic carbocycles. The van der Waals surface area contributed by atoms with Gasteiger partial charge in [-0.25, -0.2) is 0 Å². The molecular weight excluding hydrogens is 368 g/mol. The minimum atomic E-state index is -0.658. The average molecular weight is 411 g/mol. The molecule has 0 radical (unpaired) electrons. The second-order valence-electron chi connectivity index (χ2n) is 9.02. The Morgan fingerprint density at radius 2 is 1.83 bits per heavy atom. The SMILES string of the molecule is CCCCCCC(C)(O)CCC[C@H]1[C@H](O)CC(=O)[C@@H]1CCCCC=CC(=O)CO. The van der Waals surface area contributed by atoms with Crippen LogP contribution in [0.2, 0.25) is 0 Å². The van der Waals surface area contributed by atoms with Crippen molar-refractivity contribution in [3.05, 3.63) is 12.2 Å². The van der Waals surface area contributed by atoms with Crippen molar-refractivity contribution in [2.24, 2.45) is 11.8 Å². The molecule has 0 saturated heterocycles. The van der Waals surface area contributed by atoms with Crippen LogP contribution in [0.3, 0.4) is 0 Å². The van der Waals surface area contributed by atoms with Crippen molar-refractivity contribution in [1.82, 2.24) is 0 Å². The van der Waals surface area contributed by atoms with Crippen LogP contribution in [0, 0.1) is 11.8 Å². The van der Waals surface area contributed by atoms with Gasteiger partial charge in [0.15, 0.2) is 5.78 Å². The Balaban J connectivity index is 2.35. The lowest BCUT2D eigenvalue weighted by molar-refractivity contribution is -0.121. The molecule has 0 aromatic rings. The van der Waals surface area contributed by atoms with Crippen LogP contribution in [0.4, 0.5) is 0 Å². The molecule has 29 heavy (non-hydrogen) atoms. The lowest BCUT2D eigenvalue weighted by Crippen LogP contribution is -2.26. The van der Waals surface area contributed by atoms with Gasteiger partial charge in [-0.1, -0.05) is 51.5 Å². The van der Waals surface area contributed by atoms with Gasteiger partial charge in [0, 0.05) is 12.3 Å². The fraction of sp³-hybridized carbons (Fsp3) is 0.833. The van der Waals surface area contributed by atoms with E-state index in [1.807, 2.05) is 6.92 Å². The summed E-state index contributed by atoms with van der Waals surface area (Å²) in [7, 11) is 0. The molecular formula is C24H42O5. The van der Waals surface area contributed by atoms with Crippen molar-refractivity contribution < 1.29 is 24.9 Å². The van der Waals surface area contributed by atoms with Crippen LogP contribution in [-0.4, -0.2) is 45.2 Å². The number of unbranched alkanes of at least 4 members (excludes halogenated alkanes) is 5. The zero-order valence-corrected chi connectivity index (χ0v) is 18.4. The van der Waals surface area contributed by atoms with Gasteiger partial charge in [0.1, 0.15) is 12.4 Å². The summed E-state index contributed by atoms with van der Waals surface area (Å²) in [5, 5.41) is 29.6. The Morgan fingerprint density at radius 3 is 2.52 bits per heavy atom. The van der Waals surface area contributed by atoms with E-state index in [9.17, 15) is 19.8 Å². The maximum atomic E-state index is 12.3. The van der Waals surface area contributed by atoms with E-state index < -0.39 is 18.3 Å². The van der Waals surface area contributed by atoms with Crippen molar-refractivity contribution in [3.63, 3.8) is 0 Å². The molecule has 5 heteroatoms. The number of Topliss-reactive ketones (excluding diaryl/α,β-unsaturated/α-hetero) is 1. The lowest BCUT2D eigenvalue weighted by atomic mass is 9.83. The number of carbonyl (C=O) groups is 2. The highest BCUT2D eigenvalue weighted by Crippen LogP contribution is 2.37. The second-order valence-corrected chi connectivity index (χ2v) is 9.02. The molecule has 5 nitrogen and oxygen atoms in total. The van der Waals surface area contributed by atoms with E-state index in [1.165, 1.54) is 18.9 Å². The van der Waals surface area contributed by atoms with Crippen LogP contribution in [-0.2, 0) is 9.59 Å². The first-order valence-electron chi connectivity index (χ1n) is 11.5. The van der Waals surface area contributed by atoms with Crippen LogP contribution in [0.15, 0.2) is 12.2 Å². The zero-order chi connectivity index (χ0) is 21.7. The highest BCUT2D eigenvalue weighted by molar-refractivity contribution is 5.90. The predicted octanol–water partition coefficient (Wildman–Crippen LogP) is 4.12. The van der Waals surface area contributed by atoms with Gasteiger partial charge in [0.05, 0.1) is 11.7 Å². The largest absolute Gasteiger partial charge is 0.392 e. The highest BCUT2D eigenvalue weighted by Gasteiger charge is 2.40. The summed E-state index contributed by atoms with van der Waals surface area (Å²) >= 11 is 0. The molecule has 3 N–H and O–H groups in total. The summed E-state index contributed by atoms with van der Waals surface area (Å²) in [6.07, 6.45) is 13.9. The smallest absolute Gasteiger partial charge is 0.180 e. The van der Waals surface area contributed by atoms with Crippen molar-refractivity contribution in [2.45, 2.75) is 109 Å². The van der Waals surface area contributed by atoms with Crippen molar-refractivity contribution in [3.8, 4) is 0 Å². The standard InChI is InChI=1S/C24H42O5/c1-3-4-5-10-15-24(2,29)16-11-14-21-20(22(27)17-23(21)28)13-9-7-6-8-12-19(26)18-25/h8,12,20-21,23,25,28-29H,3-7,9-11,13-18H2,1-2H3/t20-,21-,23-,24?/m1/s1. The molecule has 0 aliphatic heterocycles. The zero-order valence-electron chi connectivity index (χ0n) is 18.4. The summed E-state index contributed by atoms with van der Waals surface area (Å²) in [5.41, 5.74) is -0.658. The van der Waals surface area contributed by atoms with Crippen LogP contribution >= 0.6 is 0 Å². The number of hydrogen-bond acceptors (Lipinski definition) is 5. The first-order valence-corrected chi connectivity index (χ1v) is 11.5. The molecule has 0 amide bonds. The molecule has 1 aliphatic rings. The lowest BCUT2D eigenvalue weighted by Gasteiger charge is -2.26. The highest BCUT2D eigenvalue weighted by atomic mass is 16.3. The molecule has 1 rings (SSSR count). The monoisotopic (exact) mass is 410 g/mol. The third-order valence-corrected chi connectivity index (χ3v) is 6.25. The molecule has 0 heterocycles. The summed E-state index contributed by atoms with van der Waals surface area (Å²) in [5.74, 6) is -0.201. The molecule has 0 bridgehead atoms. The normalized spacial score (nSPS) is 24.3. The quantitative estimate of drug-likeness (QED) is 0.263. The fourth-order valence-corrected chi connectivity index (χ4v) is 4.45. The molecule has 1 saturated carbocycles. The van der Waals surface area contributed by atoms with Gasteiger partial charge in [0.2, 0.25) is 0 Å². The molecule has 4 atom stereocenters. The fourth-order valence-electron chi connectivity index (χ4n) is 4.45. The van der Waals surface area contributed by atoms with Crippen LogP contribution in [0.5, 0.6) is 0 Å². The van der Waals surface area contributed by atoms with E-state index in [1.54, 1.807) is 6.08 Å². The van der Waals surface area contributed by atoms with Gasteiger partial charge < -0.3 is 15.3 Å². The van der Waals surface area contributed by atoms with Gasteiger partial charge in [-0.15, -0.1) is 0 Å². The summed E-state index contributed by atoms with van der Waals surface area (Å²) in [4.78, 5) is 23.3. The third kappa shape index (κ3) is 10.5. The maximum absolute atomic E-state index is 12.3. The van der Waals surface area contributed by atoms with Crippen LogP contribution in [0.25, 0.3) is 0 Å². The number of hydrogen-bond donors (Lipinski definition) is 3. The van der Waals surface area contributed by atoms with Gasteiger partial charge in [0.25, 0.3) is 0 Å². The van der Waals surface area contributed by atoms with Gasteiger partial charge in [-0.2, -0.15) is 0 Å². The van der Waals surface area contributed by atoms with Crippen molar-refractivity contribution in [1.29, 1.82) is 0 Å². The Labute approximate surface area is 176 Å². The van der Waals surface area contributed by atoms with E-state index in [2.05, 4.69) is 6.92 Å². The van der Waals surface area contributed by atoms with Crippen LogP contribution in [0.1, 0.15) is 97.3 Å². The predicted molar refractivity (Wildman–Crippen MR) is 116 cm³/mol. The number of rotatable bonds is 16. The first kappa shape index (κ1) is 26.0. The minimum absolute atomic E-state index is 0.00454. The topological polar surface area (TPSA) is 94.8 Å². The van der Waals surface area contributed by atoms with Crippen molar-refractivity contribution in [2.75, 3.05) is 6.61 Å². The molecule has 1 fully saturated rings. The van der Waals surface area contributed by atoms with Gasteiger partial charge >= 0.3 is 0 Å². The number of carbonyl (C=O) groups excluding carboxylic acids is 2. The molecule has 0 spiro atoms. The minimum Gasteiger partial charge on any atom is -0.392 e. The summed E-state index contributed by atoms with van der Waals surface area (Å²) < 4.78 is 0. The second kappa shape index (κ2) is 14.1. The first-order chi connectivity index (χ1) is 13.8. The van der Waals surface area contributed by atoms with E-state index in [4.69, 9.17) is 5.11 Å². The van der Waals surface area contributed by atoms with E-state index in [0.717, 1.165) is 57.8 Å². The number of aliphatic hydroxyl groups excluding tert-OH is 2. The van der Waals surface area contributed by atoms with Gasteiger partial charge in [-0.3, -0.25) is 9.59 Å². The summed E-state index contributed by atoms with van der Waals surface area (Å²) in [6.45, 7) is 3.62. The van der Waals surface area contributed by atoms with E-state index in [-0.39, 0.29) is 29.8 Å². The van der Waals surface area contributed by atoms with Gasteiger partial charge in [-0.05, 0) is 57.4 Å². The summed E-state index contributed by atoms with van der Waals surface area (Å²) in [6, 6.07) is 0. The van der Waals surface area contributed by atoms with Crippen molar-refractivity contribution >= 4 is 11.6 Å². The molecule has 168 valence electrons. The molecule has 0 aromatic heterocycles. The van der Waals surface area contributed by atoms with E-state index in [0.29, 0.717) is 6.42 Å². The molecule has 1 aliphatic carbocycles. The Hall–Kier alpha value is -1.04. The number of ketones is 2. The van der Waals surface area contributed by atoms with Crippen LogP contribution < -0.4 is 0 Å².